The van der Waals surface area contributed by atoms with Crippen LogP contribution in [0, 0.1) is 0 Å². The molecule has 0 heterocycles. The van der Waals surface area contributed by atoms with Gasteiger partial charge in [0.2, 0.25) is 5.91 Å². The second-order valence-corrected chi connectivity index (χ2v) is 8.34. The van der Waals surface area contributed by atoms with E-state index in [0.29, 0.717) is 5.56 Å². The maximum Gasteiger partial charge on any atom is 0.407 e. The van der Waals surface area contributed by atoms with E-state index >= 15 is 0 Å². The van der Waals surface area contributed by atoms with Crippen LogP contribution in [0.4, 0.5) is 4.79 Å². The Bertz CT molecular complexity index is 1200. The number of phenols is 1. The number of rotatable bonds is 9. The molecule has 0 aliphatic heterocycles. The van der Waals surface area contributed by atoms with E-state index in [2.05, 4.69) is 10.6 Å². The molecule has 8 heteroatoms. The zero-order valence-electron chi connectivity index (χ0n) is 18.9. The van der Waals surface area contributed by atoms with Crippen LogP contribution in [0.5, 0.6) is 5.75 Å². The van der Waals surface area contributed by atoms with Gasteiger partial charge in [-0.15, -0.1) is 0 Å². The standard InChI is InChI=1S/C27H26N2O6/c30-18-7-5-6-17(14-18)15-28-26(33)24(12-13-25(31)32)29-27(34)35-16-23-21-10-3-1-8-19(21)20-9-2-4-11-22(20)23/h1-11,14,23-24,30H,12-13,15-16H2,(H,28,33)(H,29,34)(H,31,32). The van der Waals surface area contributed by atoms with Crippen LogP contribution in [-0.2, 0) is 20.9 Å². The molecule has 1 aliphatic rings. The van der Waals surface area contributed by atoms with Crippen molar-refractivity contribution in [1.82, 2.24) is 10.6 Å². The van der Waals surface area contributed by atoms with E-state index in [1.54, 1.807) is 12.1 Å². The first kappa shape index (κ1) is 23.8. The second-order valence-electron chi connectivity index (χ2n) is 8.34. The van der Waals surface area contributed by atoms with Gasteiger partial charge in [0, 0.05) is 18.9 Å². The number of phenolic OH excluding ortho intramolecular Hbond substituents is 1. The molecule has 8 nitrogen and oxygen atoms in total. The van der Waals surface area contributed by atoms with Crippen LogP contribution in [0.2, 0.25) is 0 Å². The van der Waals surface area contributed by atoms with Crippen molar-refractivity contribution >= 4 is 18.0 Å². The summed E-state index contributed by atoms with van der Waals surface area (Å²) in [6, 6.07) is 21.2. The highest BCUT2D eigenvalue weighted by Crippen LogP contribution is 2.44. The van der Waals surface area contributed by atoms with Crippen molar-refractivity contribution in [2.45, 2.75) is 31.3 Å². The summed E-state index contributed by atoms with van der Waals surface area (Å²) in [6.45, 7) is 0.194. The third-order valence-electron chi connectivity index (χ3n) is 5.98. The van der Waals surface area contributed by atoms with Gasteiger partial charge >= 0.3 is 12.1 Å². The number of fused-ring (bicyclic) bond motifs is 3. The molecular weight excluding hydrogens is 448 g/mol. The molecule has 1 unspecified atom stereocenters. The monoisotopic (exact) mass is 474 g/mol. The Kier molecular flexibility index (Phi) is 7.30. The summed E-state index contributed by atoms with van der Waals surface area (Å²) >= 11 is 0. The van der Waals surface area contributed by atoms with Crippen molar-refractivity contribution < 1.29 is 29.3 Å². The quantitative estimate of drug-likeness (QED) is 0.374. The number of carboxylic acids is 1. The predicted octanol–water partition coefficient (Wildman–Crippen LogP) is 3.78. The Balaban J connectivity index is 1.39. The maximum atomic E-state index is 12.7. The highest BCUT2D eigenvalue weighted by atomic mass is 16.5. The number of nitrogens with one attached hydrogen (secondary N) is 2. The van der Waals surface area contributed by atoms with Crippen molar-refractivity contribution in [2.75, 3.05) is 6.61 Å². The lowest BCUT2D eigenvalue weighted by Gasteiger charge is -2.19. The number of amides is 2. The molecule has 4 rings (SSSR count). The van der Waals surface area contributed by atoms with Gasteiger partial charge in [0.05, 0.1) is 0 Å². The van der Waals surface area contributed by atoms with Crippen LogP contribution in [0.1, 0.15) is 35.4 Å². The molecule has 2 amide bonds. The minimum Gasteiger partial charge on any atom is -0.508 e. The summed E-state index contributed by atoms with van der Waals surface area (Å²) < 4.78 is 5.50. The van der Waals surface area contributed by atoms with Gasteiger partial charge < -0.3 is 25.6 Å². The van der Waals surface area contributed by atoms with Gasteiger partial charge in [0.15, 0.2) is 0 Å². The first-order valence-electron chi connectivity index (χ1n) is 11.3. The number of carboxylic acid groups (broad SMARTS) is 1. The predicted molar refractivity (Wildman–Crippen MR) is 129 cm³/mol. The van der Waals surface area contributed by atoms with Crippen LogP contribution in [-0.4, -0.2) is 40.8 Å². The molecule has 1 aliphatic carbocycles. The number of ether oxygens (including phenoxy) is 1. The number of benzene rings is 3. The van der Waals surface area contributed by atoms with E-state index in [1.165, 1.54) is 12.1 Å². The van der Waals surface area contributed by atoms with Gasteiger partial charge in [-0.1, -0.05) is 60.7 Å². The normalized spacial score (nSPS) is 12.8. The summed E-state index contributed by atoms with van der Waals surface area (Å²) in [4.78, 5) is 36.4. The Morgan fingerprint density at radius 3 is 2.20 bits per heavy atom. The lowest BCUT2D eigenvalue weighted by atomic mass is 9.98. The fourth-order valence-electron chi connectivity index (χ4n) is 4.30. The van der Waals surface area contributed by atoms with E-state index in [1.807, 2.05) is 48.5 Å². The van der Waals surface area contributed by atoms with Crippen molar-refractivity contribution in [1.29, 1.82) is 0 Å². The molecule has 4 N–H and O–H groups in total. The third kappa shape index (κ3) is 5.78. The van der Waals surface area contributed by atoms with Gasteiger partial charge in [0.25, 0.3) is 0 Å². The van der Waals surface area contributed by atoms with Crippen LogP contribution in [0.3, 0.4) is 0 Å². The first-order valence-corrected chi connectivity index (χ1v) is 11.3. The summed E-state index contributed by atoms with van der Waals surface area (Å²) in [7, 11) is 0. The third-order valence-corrected chi connectivity index (χ3v) is 5.98. The highest BCUT2D eigenvalue weighted by Gasteiger charge is 2.30. The fourth-order valence-corrected chi connectivity index (χ4v) is 4.30. The van der Waals surface area contributed by atoms with E-state index in [-0.39, 0.29) is 37.7 Å². The van der Waals surface area contributed by atoms with Crippen LogP contribution in [0.15, 0.2) is 72.8 Å². The Hall–Kier alpha value is -4.33. The second kappa shape index (κ2) is 10.7. The van der Waals surface area contributed by atoms with E-state index in [9.17, 15) is 19.5 Å². The molecular formula is C27H26N2O6. The topological polar surface area (TPSA) is 125 Å². The summed E-state index contributed by atoms with van der Waals surface area (Å²) in [5.74, 6) is -1.69. The van der Waals surface area contributed by atoms with E-state index in [4.69, 9.17) is 9.84 Å². The molecule has 1 atom stereocenters. The van der Waals surface area contributed by atoms with Crippen LogP contribution in [0.25, 0.3) is 11.1 Å². The molecule has 35 heavy (non-hydrogen) atoms. The largest absolute Gasteiger partial charge is 0.508 e. The molecule has 0 aromatic heterocycles. The highest BCUT2D eigenvalue weighted by molar-refractivity contribution is 5.86. The van der Waals surface area contributed by atoms with E-state index < -0.39 is 24.0 Å². The number of carbonyl (C=O) groups excluding carboxylic acids is 2. The Labute approximate surface area is 202 Å². The number of carbonyl (C=O) groups is 3. The lowest BCUT2D eigenvalue weighted by molar-refractivity contribution is -0.137. The van der Waals surface area contributed by atoms with Crippen molar-refractivity contribution in [3.63, 3.8) is 0 Å². The molecule has 3 aromatic carbocycles. The molecule has 0 saturated carbocycles. The number of aromatic hydroxyl groups is 1. The SMILES string of the molecule is O=C(O)CCC(NC(=O)OCC1c2ccccc2-c2ccccc21)C(=O)NCc1cccc(O)c1. The molecule has 0 saturated heterocycles. The minimum atomic E-state index is -1.08. The summed E-state index contributed by atoms with van der Waals surface area (Å²) in [6.07, 6.45) is -1.19. The van der Waals surface area contributed by atoms with Crippen LogP contribution >= 0.6 is 0 Å². The Morgan fingerprint density at radius 2 is 1.57 bits per heavy atom. The molecule has 0 bridgehead atoms. The van der Waals surface area contributed by atoms with Gasteiger partial charge in [-0.2, -0.15) is 0 Å². The summed E-state index contributed by atoms with van der Waals surface area (Å²) in [5.41, 5.74) is 4.99. The number of hydrogen-bond donors (Lipinski definition) is 4. The Morgan fingerprint density at radius 1 is 0.914 bits per heavy atom. The first-order chi connectivity index (χ1) is 16.9. The number of aliphatic carboxylic acids is 1. The molecule has 180 valence electrons. The van der Waals surface area contributed by atoms with Gasteiger partial charge in [-0.3, -0.25) is 9.59 Å². The fraction of sp³-hybridized carbons (Fsp3) is 0.222. The average Bonchev–Trinajstić information content (AvgIpc) is 3.17. The van der Waals surface area contributed by atoms with Gasteiger partial charge in [0.1, 0.15) is 18.4 Å². The minimum absolute atomic E-state index is 0.0657. The number of alkyl carbamates (subject to hydrolysis) is 1. The van der Waals surface area contributed by atoms with Gasteiger partial charge in [-0.05, 0) is 46.4 Å². The van der Waals surface area contributed by atoms with Crippen molar-refractivity contribution in [3.05, 3.63) is 89.5 Å². The van der Waals surface area contributed by atoms with Crippen molar-refractivity contribution in [3.8, 4) is 16.9 Å². The maximum absolute atomic E-state index is 12.7. The zero-order valence-corrected chi connectivity index (χ0v) is 18.9. The molecule has 0 radical (unpaired) electrons. The number of hydrogen-bond acceptors (Lipinski definition) is 5. The average molecular weight is 475 g/mol. The van der Waals surface area contributed by atoms with Crippen molar-refractivity contribution in [2.24, 2.45) is 0 Å². The smallest absolute Gasteiger partial charge is 0.407 e. The zero-order chi connectivity index (χ0) is 24.8. The molecule has 0 spiro atoms. The van der Waals surface area contributed by atoms with E-state index in [0.717, 1.165) is 22.3 Å². The lowest BCUT2D eigenvalue weighted by Crippen LogP contribution is -2.47. The summed E-state index contributed by atoms with van der Waals surface area (Å²) in [5, 5.41) is 23.8. The van der Waals surface area contributed by atoms with Gasteiger partial charge in [-0.25, -0.2) is 4.79 Å². The molecule has 0 fully saturated rings. The molecule has 3 aromatic rings. The van der Waals surface area contributed by atoms with Crippen LogP contribution < -0.4 is 10.6 Å².